The average molecular weight is 449 g/mol. The minimum Gasteiger partial charge on any atom is -0.464 e. The normalized spacial score (nSPS) is 15.3. The Bertz CT molecular complexity index is 965. The number of nitrogens with zero attached hydrogens (tertiary/aromatic N) is 4. The first-order valence-corrected chi connectivity index (χ1v) is 10.5. The summed E-state index contributed by atoms with van der Waals surface area (Å²) in [5.41, 5.74) is -0.284. The number of amides is 2. The molecule has 0 bridgehead atoms. The lowest BCUT2D eigenvalue weighted by Crippen LogP contribution is -2.49. The number of thiophene rings is 1. The highest BCUT2D eigenvalue weighted by molar-refractivity contribution is 7.12. The summed E-state index contributed by atoms with van der Waals surface area (Å²) in [5, 5.41) is 12.2. The van der Waals surface area contributed by atoms with E-state index < -0.39 is 18.0 Å². The maximum atomic E-state index is 12.7. The van der Waals surface area contributed by atoms with Crippen molar-refractivity contribution in [3.8, 4) is 0 Å². The molecule has 1 aliphatic heterocycles. The number of carbonyl (C=O) groups is 4. The first kappa shape index (κ1) is 22.4. The molecule has 0 spiro atoms. The van der Waals surface area contributed by atoms with Crippen LogP contribution in [0.5, 0.6) is 0 Å². The summed E-state index contributed by atoms with van der Waals surface area (Å²) in [6.07, 6.45) is 0.983. The molecule has 2 amide bonds. The van der Waals surface area contributed by atoms with Crippen LogP contribution in [0, 0.1) is 0 Å². The van der Waals surface area contributed by atoms with Crippen LogP contribution < -0.4 is 5.32 Å². The number of methoxy groups -OCH3 is 2. The van der Waals surface area contributed by atoms with Crippen LogP contribution in [-0.4, -0.2) is 77.0 Å². The lowest BCUT2D eigenvalue weighted by molar-refractivity contribution is -0.134. The molecule has 2 aromatic rings. The Balaban J connectivity index is 1.65. The van der Waals surface area contributed by atoms with E-state index in [4.69, 9.17) is 4.74 Å². The minimum absolute atomic E-state index is 0.0734. The van der Waals surface area contributed by atoms with Gasteiger partial charge < -0.3 is 19.7 Å². The van der Waals surface area contributed by atoms with Crippen molar-refractivity contribution < 1.29 is 28.7 Å². The van der Waals surface area contributed by atoms with Gasteiger partial charge in [0.15, 0.2) is 5.69 Å². The lowest BCUT2D eigenvalue weighted by atomic mass is 10.0. The molecular weight excluding hydrogens is 426 g/mol. The van der Waals surface area contributed by atoms with Gasteiger partial charge in [-0.05, 0) is 31.2 Å². The van der Waals surface area contributed by atoms with Crippen molar-refractivity contribution in [2.24, 2.45) is 0 Å². The van der Waals surface area contributed by atoms with Crippen LogP contribution in [0.4, 0.5) is 0 Å². The first-order chi connectivity index (χ1) is 14.9. The number of nitrogens with one attached hydrogen (secondary N) is 1. The number of aromatic nitrogens is 3. The van der Waals surface area contributed by atoms with Gasteiger partial charge in [-0.2, -0.15) is 0 Å². The Hall–Kier alpha value is -3.28. The summed E-state index contributed by atoms with van der Waals surface area (Å²) >= 11 is 1.31. The zero-order chi connectivity index (χ0) is 22.5. The third-order valence-corrected chi connectivity index (χ3v) is 5.91. The molecule has 3 heterocycles. The number of ether oxygens (including phenoxy) is 2. The number of piperidine rings is 1. The predicted octanol–water partition coefficient (Wildman–Crippen LogP) is 0.895. The van der Waals surface area contributed by atoms with Crippen molar-refractivity contribution >= 4 is 35.1 Å². The van der Waals surface area contributed by atoms with E-state index in [1.54, 1.807) is 29.3 Å². The van der Waals surface area contributed by atoms with E-state index >= 15 is 0 Å². The zero-order valence-electron chi connectivity index (χ0n) is 17.4. The number of hydrogen-bond donors (Lipinski definition) is 1. The molecule has 0 aliphatic carbocycles. The number of likely N-dealkylation sites (tertiary alicyclic amines) is 1. The highest BCUT2D eigenvalue weighted by atomic mass is 32.1. The molecule has 2 aromatic heterocycles. The monoisotopic (exact) mass is 449 g/mol. The highest BCUT2D eigenvalue weighted by Gasteiger charge is 2.33. The van der Waals surface area contributed by atoms with Crippen LogP contribution >= 0.6 is 11.3 Å². The van der Waals surface area contributed by atoms with Gasteiger partial charge in [-0.15, -0.1) is 16.4 Å². The maximum Gasteiger partial charge on any atom is 0.361 e. The molecule has 1 aliphatic rings. The molecule has 1 N–H and O–H groups in total. The molecule has 0 saturated carbocycles. The van der Waals surface area contributed by atoms with Gasteiger partial charge in [0.25, 0.3) is 5.91 Å². The maximum absolute atomic E-state index is 12.7. The fourth-order valence-electron chi connectivity index (χ4n) is 3.41. The van der Waals surface area contributed by atoms with E-state index in [2.05, 4.69) is 20.4 Å². The molecule has 3 rings (SSSR count). The standard InChI is InChI=1S/C19H23N5O6S/c1-11(20-16(25)13-5-4-10-31-13)17(26)23-8-6-12(7-9-23)24-15(19(28)30-3)14(21-22-24)18(27)29-2/h4-5,10-12H,6-9H2,1-3H3,(H,20,25)/t11-/m1/s1. The molecule has 1 fully saturated rings. The number of carbonyl (C=O) groups excluding carboxylic acids is 4. The summed E-state index contributed by atoms with van der Waals surface area (Å²) in [4.78, 5) is 51.2. The molecule has 166 valence electrons. The third-order valence-electron chi connectivity index (χ3n) is 5.04. The first-order valence-electron chi connectivity index (χ1n) is 9.62. The second kappa shape index (κ2) is 9.69. The summed E-state index contributed by atoms with van der Waals surface area (Å²) in [7, 11) is 2.39. The van der Waals surface area contributed by atoms with Gasteiger partial charge in [0.1, 0.15) is 6.04 Å². The van der Waals surface area contributed by atoms with Crippen molar-refractivity contribution in [3.63, 3.8) is 0 Å². The van der Waals surface area contributed by atoms with Crippen LogP contribution in [0.3, 0.4) is 0 Å². The van der Waals surface area contributed by atoms with Gasteiger partial charge in [0.2, 0.25) is 11.6 Å². The predicted molar refractivity (Wildman–Crippen MR) is 109 cm³/mol. The van der Waals surface area contributed by atoms with Crippen molar-refractivity contribution in [2.75, 3.05) is 27.3 Å². The van der Waals surface area contributed by atoms with E-state index in [-0.39, 0.29) is 29.2 Å². The van der Waals surface area contributed by atoms with E-state index in [0.717, 1.165) is 0 Å². The number of rotatable bonds is 6. The number of hydrogen-bond acceptors (Lipinski definition) is 9. The Morgan fingerprint density at radius 3 is 2.42 bits per heavy atom. The van der Waals surface area contributed by atoms with Gasteiger partial charge in [0.05, 0.1) is 25.1 Å². The molecule has 11 nitrogen and oxygen atoms in total. The van der Waals surface area contributed by atoms with Gasteiger partial charge in [-0.1, -0.05) is 11.3 Å². The lowest BCUT2D eigenvalue weighted by Gasteiger charge is -2.33. The number of esters is 2. The summed E-state index contributed by atoms with van der Waals surface area (Å²) < 4.78 is 10.8. The second-order valence-corrected chi connectivity index (χ2v) is 7.89. The molecule has 0 radical (unpaired) electrons. The zero-order valence-corrected chi connectivity index (χ0v) is 18.2. The average Bonchev–Trinajstić information content (AvgIpc) is 3.48. The fourth-order valence-corrected chi connectivity index (χ4v) is 4.04. The molecule has 0 aromatic carbocycles. The van der Waals surface area contributed by atoms with Gasteiger partial charge in [-0.25, -0.2) is 14.3 Å². The van der Waals surface area contributed by atoms with E-state index in [0.29, 0.717) is 30.8 Å². The Labute approximate surface area is 182 Å². The van der Waals surface area contributed by atoms with Crippen molar-refractivity contribution in [1.29, 1.82) is 0 Å². The molecule has 12 heteroatoms. The van der Waals surface area contributed by atoms with Gasteiger partial charge in [-0.3, -0.25) is 9.59 Å². The van der Waals surface area contributed by atoms with Crippen LogP contribution in [0.25, 0.3) is 0 Å². The quantitative estimate of drug-likeness (QED) is 0.643. The van der Waals surface area contributed by atoms with Crippen LogP contribution in [0.2, 0.25) is 0 Å². The van der Waals surface area contributed by atoms with Crippen molar-refractivity contribution in [1.82, 2.24) is 25.2 Å². The molecule has 0 unspecified atom stereocenters. The Morgan fingerprint density at radius 1 is 1.16 bits per heavy atom. The SMILES string of the molecule is COC(=O)c1nnn(C2CCN(C(=O)[C@@H](C)NC(=O)c3cccs3)CC2)c1C(=O)OC. The highest BCUT2D eigenvalue weighted by Crippen LogP contribution is 2.25. The summed E-state index contributed by atoms with van der Waals surface area (Å²) in [5.74, 6) is -2.00. The van der Waals surface area contributed by atoms with Crippen LogP contribution in [0.1, 0.15) is 56.5 Å². The largest absolute Gasteiger partial charge is 0.464 e. The Morgan fingerprint density at radius 2 is 1.84 bits per heavy atom. The summed E-state index contributed by atoms with van der Waals surface area (Å²) in [6, 6.07) is 2.55. The molecule has 1 saturated heterocycles. The third kappa shape index (κ3) is 4.74. The van der Waals surface area contributed by atoms with Crippen LogP contribution in [0.15, 0.2) is 17.5 Å². The van der Waals surface area contributed by atoms with E-state index in [1.165, 1.54) is 30.2 Å². The second-order valence-electron chi connectivity index (χ2n) is 6.94. The fraction of sp³-hybridized carbons (Fsp3) is 0.474. The molecule has 31 heavy (non-hydrogen) atoms. The topological polar surface area (TPSA) is 133 Å². The van der Waals surface area contributed by atoms with Gasteiger partial charge in [0, 0.05) is 13.1 Å². The Kier molecular flexibility index (Phi) is 7.00. The van der Waals surface area contributed by atoms with Crippen molar-refractivity contribution in [2.45, 2.75) is 31.8 Å². The van der Waals surface area contributed by atoms with E-state index in [1.807, 2.05) is 0 Å². The van der Waals surface area contributed by atoms with Crippen LogP contribution in [-0.2, 0) is 14.3 Å². The van der Waals surface area contributed by atoms with E-state index in [9.17, 15) is 19.2 Å². The summed E-state index contributed by atoms with van der Waals surface area (Å²) in [6.45, 7) is 2.45. The van der Waals surface area contributed by atoms with Crippen molar-refractivity contribution in [3.05, 3.63) is 33.8 Å². The smallest absolute Gasteiger partial charge is 0.361 e. The molecular formula is C19H23N5O6S. The minimum atomic E-state index is -0.783. The molecule has 1 atom stereocenters. The van der Waals surface area contributed by atoms with Gasteiger partial charge >= 0.3 is 11.9 Å².